The van der Waals surface area contributed by atoms with E-state index in [2.05, 4.69) is 19.2 Å². The lowest BCUT2D eigenvalue weighted by atomic mass is 9.92. The SMILES string of the molecule is CC(C)CCN1C(=O)C(C)(C)COc2ccc(NC(=O)Cc3ccc(F)cc3)cc21. The first-order valence-corrected chi connectivity index (χ1v) is 10.3. The molecule has 0 spiro atoms. The van der Waals surface area contributed by atoms with Crippen molar-refractivity contribution in [1.82, 2.24) is 0 Å². The summed E-state index contributed by atoms with van der Waals surface area (Å²) in [5, 5.41) is 2.87. The number of halogens is 1. The van der Waals surface area contributed by atoms with Gasteiger partial charge in [0.05, 0.1) is 17.5 Å². The van der Waals surface area contributed by atoms with Crippen molar-refractivity contribution in [2.45, 2.75) is 40.5 Å². The van der Waals surface area contributed by atoms with Crippen molar-refractivity contribution in [3.05, 3.63) is 53.8 Å². The number of carbonyl (C=O) groups excluding carboxylic acids is 2. The fourth-order valence-electron chi connectivity index (χ4n) is 3.32. The van der Waals surface area contributed by atoms with E-state index in [1.807, 2.05) is 13.8 Å². The molecule has 2 aromatic carbocycles. The molecule has 1 aliphatic rings. The third kappa shape index (κ3) is 5.17. The number of anilines is 2. The summed E-state index contributed by atoms with van der Waals surface area (Å²) in [6.45, 7) is 8.90. The molecule has 5 nitrogen and oxygen atoms in total. The van der Waals surface area contributed by atoms with Gasteiger partial charge in [0.15, 0.2) is 0 Å². The van der Waals surface area contributed by atoms with E-state index < -0.39 is 5.41 Å². The third-order valence-corrected chi connectivity index (χ3v) is 5.15. The summed E-state index contributed by atoms with van der Waals surface area (Å²) in [6.07, 6.45) is 0.999. The Morgan fingerprint density at radius 2 is 1.90 bits per heavy atom. The second-order valence-corrected chi connectivity index (χ2v) is 8.85. The first-order chi connectivity index (χ1) is 14.2. The van der Waals surface area contributed by atoms with Crippen molar-refractivity contribution in [2.24, 2.45) is 11.3 Å². The lowest BCUT2D eigenvalue weighted by Gasteiger charge is -2.28. The molecule has 0 unspecified atom stereocenters. The largest absolute Gasteiger partial charge is 0.490 e. The molecule has 0 aromatic heterocycles. The number of amides is 2. The first-order valence-electron chi connectivity index (χ1n) is 10.3. The van der Waals surface area contributed by atoms with Crippen molar-refractivity contribution in [1.29, 1.82) is 0 Å². The van der Waals surface area contributed by atoms with E-state index >= 15 is 0 Å². The van der Waals surface area contributed by atoms with Crippen LogP contribution < -0.4 is 15.0 Å². The van der Waals surface area contributed by atoms with Crippen molar-refractivity contribution in [3.63, 3.8) is 0 Å². The Morgan fingerprint density at radius 1 is 1.20 bits per heavy atom. The number of carbonyl (C=O) groups is 2. The van der Waals surface area contributed by atoms with Crippen LogP contribution in [0.1, 0.15) is 39.7 Å². The summed E-state index contributed by atoms with van der Waals surface area (Å²) in [4.78, 5) is 27.4. The number of nitrogens with one attached hydrogen (secondary N) is 1. The van der Waals surface area contributed by atoms with E-state index in [4.69, 9.17) is 4.74 Å². The van der Waals surface area contributed by atoms with Crippen LogP contribution in [0, 0.1) is 17.2 Å². The van der Waals surface area contributed by atoms with Crippen LogP contribution in [0.2, 0.25) is 0 Å². The van der Waals surface area contributed by atoms with Crippen molar-refractivity contribution in [2.75, 3.05) is 23.4 Å². The van der Waals surface area contributed by atoms with E-state index in [1.165, 1.54) is 12.1 Å². The number of hydrogen-bond acceptors (Lipinski definition) is 3. The molecule has 0 atom stereocenters. The molecule has 160 valence electrons. The summed E-state index contributed by atoms with van der Waals surface area (Å²) in [7, 11) is 0. The van der Waals surface area contributed by atoms with Gasteiger partial charge in [0, 0.05) is 12.2 Å². The highest BCUT2D eigenvalue weighted by Gasteiger charge is 2.37. The number of rotatable bonds is 6. The number of fused-ring (bicyclic) bond motifs is 1. The van der Waals surface area contributed by atoms with Crippen LogP contribution in [-0.2, 0) is 16.0 Å². The normalized spacial score (nSPS) is 15.4. The Kier molecular flexibility index (Phi) is 6.44. The fraction of sp³-hybridized carbons (Fsp3) is 0.417. The topological polar surface area (TPSA) is 58.6 Å². The molecule has 0 radical (unpaired) electrons. The maximum Gasteiger partial charge on any atom is 0.236 e. The number of ether oxygens (including phenoxy) is 1. The molecule has 0 aliphatic carbocycles. The number of benzene rings is 2. The summed E-state index contributed by atoms with van der Waals surface area (Å²) in [5.41, 5.74) is 1.35. The van der Waals surface area contributed by atoms with Gasteiger partial charge in [0.25, 0.3) is 0 Å². The zero-order valence-corrected chi connectivity index (χ0v) is 18.0. The molecule has 0 bridgehead atoms. The van der Waals surface area contributed by atoms with Gasteiger partial charge in [0.1, 0.15) is 18.2 Å². The van der Waals surface area contributed by atoms with Gasteiger partial charge in [0.2, 0.25) is 11.8 Å². The second-order valence-electron chi connectivity index (χ2n) is 8.85. The van der Waals surface area contributed by atoms with Crippen LogP contribution in [0.15, 0.2) is 42.5 Å². The van der Waals surface area contributed by atoms with Gasteiger partial charge in [-0.15, -0.1) is 0 Å². The van der Waals surface area contributed by atoms with E-state index in [-0.39, 0.29) is 24.1 Å². The van der Waals surface area contributed by atoms with Gasteiger partial charge >= 0.3 is 0 Å². The van der Waals surface area contributed by atoms with Crippen LogP contribution in [-0.4, -0.2) is 25.0 Å². The average Bonchev–Trinajstić information content (AvgIpc) is 2.77. The summed E-state index contributed by atoms with van der Waals surface area (Å²) >= 11 is 0. The molecule has 6 heteroatoms. The van der Waals surface area contributed by atoms with E-state index in [9.17, 15) is 14.0 Å². The minimum absolute atomic E-state index is 0.0108. The van der Waals surface area contributed by atoms with Gasteiger partial charge in [-0.25, -0.2) is 4.39 Å². The summed E-state index contributed by atoms with van der Waals surface area (Å²) in [5.74, 6) is 0.550. The molecule has 0 saturated heterocycles. The Labute approximate surface area is 177 Å². The van der Waals surface area contributed by atoms with Gasteiger partial charge in [-0.3, -0.25) is 9.59 Å². The predicted molar refractivity (Wildman–Crippen MR) is 116 cm³/mol. The fourth-order valence-corrected chi connectivity index (χ4v) is 3.32. The van der Waals surface area contributed by atoms with E-state index in [0.29, 0.717) is 36.2 Å². The minimum Gasteiger partial charge on any atom is -0.490 e. The average molecular weight is 413 g/mol. The first kappa shape index (κ1) is 21.8. The molecular weight excluding hydrogens is 383 g/mol. The van der Waals surface area contributed by atoms with Crippen LogP contribution in [0.3, 0.4) is 0 Å². The third-order valence-electron chi connectivity index (χ3n) is 5.15. The Hall–Kier alpha value is -2.89. The van der Waals surface area contributed by atoms with Crippen molar-refractivity contribution < 1.29 is 18.7 Å². The van der Waals surface area contributed by atoms with Crippen LogP contribution in [0.5, 0.6) is 5.75 Å². The quantitative estimate of drug-likeness (QED) is 0.741. The Morgan fingerprint density at radius 3 is 2.57 bits per heavy atom. The number of hydrogen-bond donors (Lipinski definition) is 1. The molecule has 0 fully saturated rings. The lowest BCUT2D eigenvalue weighted by Crippen LogP contribution is -2.42. The van der Waals surface area contributed by atoms with Gasteiger partial charge in [-0.2, -0.15) is 0 Å². The highest BCUT2D eigenvalue weighted by Crippen LogP contribution is 2.38. The van der Waals surface area contributed by atoms with Crippen LogP contribution >= 0.6 is 0 Å². The molecule has 30 heavy (non-hydrogen) atoms. The monoisotopic (exact) mass is 412 g/mol. The summed E-state index contributed by atoms with van der Waals surface area (Å²) < 4.78 is 19.0. The highest BCUT2D eigenvalue weighted by molar-refractivity contribution is 6.00. The Balaban J connectivity index is 1.82. The zero-order valence-electron chi connectivity index (χ0n) is 18.0. The molecule has 3 rings (SSSR count). The van der Waals surface area contributed by atoms with Crippen LogP contribution in [0.25, 0.3) is 0 Å². The predicted octanol–water partition coefficient (Wildman–Crippen LogP) is 4.80. The molecular formula is C24H29FN2O3. The molecule has 0 saturated carbocycles. The maximum atomic E-state index is 13.2. The van der Waals surface area contributed by atoms with Gasteiger partial charge < -0.3 is 15.0 Å². The van der Waals surface area contributed by atoms with E-state index in [0.717, 1.165) is 12.0 Å². The zero-order chi connectivity index (χ0) is 21.9. The highest BCUT2D eigenvalue weighted by atomic mass is 19.1. The van der Waals surface area contributed by atoms with Gasteiger partial charge in [-0.05, 0) is 62.1 Å². The molecule has 2 aromatic rings. The minimum atomic E-state index is -0.637. The summed E-state index contributed by atoms with van der Waals surface area (Å²) in [6, 6.07) is 11.2. The second kappa shape index (κ2) is 8.86. The van der Waals surface area contributed by atoms with Crippen LogP contribution in [0.4, 0.5) is 15.8 Å². The molecule has 1 N–H and O–H groups in total. The van der Waals surface area contributed by atoms with Crippen molar-refractivity contribution >= 4 is 23.2 Å². The maximum absolute atomic E-state index is 13.2. The lowest BCUT2D eigenvalue weighted by molar-refractivity contribution is -0.127. The van der Waals surface area contributed by atoms with Gasteiger partial charge in [-0.1, -0.05) is 26.0 Å². The van der Waals surface area contributed by atoms with E-state index in [1.54, 1.807) is 35.2 Å². The smallest absolute Gasteiger partial charge is 0.236 e. The molecule has 1 heterocycles. The van der Waals surface area contributed by atoms with Crippen molar-refractivity contribution in [3.8, 4) is 5.75 Å². The number of nitrogens with zero attached hydrogens (tertiary/aromatic N) is 1. The standard InChI is InChI=1S/C24H29FN2O3/c1-16(2)11-12-27-20-14-19(9-10-21(20)30-15-24(3,4)23(27)29)26-22(28)13-17-5-7-18(25)8-6-17/h5-10,14,16H,11-13,15H2,1-4H3,(H,26,28). The molecule has 2 amide bonds. The Bertz CT molecular complexity index is 923. The molecule has 1 aliphatic heterocycles.